The van der Waals surface area contributed by atoms with E-state index in [0.717, 1.165) is 30.0 Å². The first kappa shape index (κ1) is 16.5. The maximum absolute atomic E-state index is 9.00. The summed E-state index contributed by atoms with van der Waals surface area (Å²) in [6.07, 6.45) is 2.32. The van der Waals surface area contributed by atoms with Crippen molar-refractivity contribution in [3.8, 4) is 11.8 Å². The summed E-state index contributed by atoms with van der Waals surface area (Å²) in [4.78, 5) is 4.53. The summed E-state index contributed by atoms with van der Waals surface area (Å²) in [5, 5.41) is 9.00. The second-order valence-electron chi connectivity index (χ2n) is 5.86. The summed E-state index contributed by atoms with van der Waals surface area (Å²) in [6.45, 7) is 8.37. The van der Waals surface area contributed by atoms with Gasteiger partial charge in [-0.25, -0.2) is 0 Å². The molecule has 0 aliphatic heterocycles. The zero-order chi connectivity index (χ0) is 15.2. The minimum absolute atomic E-state index is 0.0993. The first-order chi connectivity index (χ1) is 9.38. The van der Waals surface area contributed by atoms with Crippen molar-refractivity contribution < 1.29 is 4.74 Å². The second-order valence-corrected chi connectivity index (χ2v) is 5.86. The Morgan fingerprint density at radius 2 is 2.15 bits per heavy atom. The average Bonchev–Trinajstić information content (AvgIpc) is 2.41. The summed E-state index contributed by atoms with van der Waals surface area (Å²) >= 11 is 0. The van der Waals surface area contributed by atoms with Crippen molar-refractivity contribution in [2.24, 2.45) is 11.1 Å². The molecule has 0 aliphatic rings. The Morgan fingerprint density at radius 1 is 1.45 bits per heavy atom. The monoisotopic (exact) mass is 275 g/mol. The van der Waals surface area contributed by atoms with Crippen LogP contribution in [0.4, 0.5) is 0 Å². The molecule has 4 nitrogen and oxygen atoms in total. The van der Waals surface area contributed by atoms with Crippen LogP contribution < -0.4 is 10.5 Å². The number of nitrogens with two attached hydrogens (primary N) is 1. The van der Waals surface area contributed by atoms with E-state index in [1.165, 1.54) is 0 Å². The van der Waals surface area contributed by atoms with Crippen LogP contribution in [0.15, 0.2) is 12.1 Å². The highest BCUT2D eigenvalue weighted by Crippen LogP contribution is 2.22. The molecule has 20 heavy (non-hydrogen) atoms. The number of nitriles is 1. The predicted octanol–water partition coefficient (Wildman–Crippen LogP) is 2.99. The van der Waals surface area contributed by atoms with Gasteiger partial charge in [0.05, 0.1) is 23.8 Å². The van der Waals surface area contributed by atoms with Crippen molar-refractivity contribution >= 4 is 0 Å². The summed E-state index contributed by atoms with van der Waals surface area (Å²) in [6, 6.07) is 6.26. The number of aromatic nitrogens is 1. The Balaban J connectivity index is 2.72. The normalized spacial score (nSPS) is 12.8. The fourth-order valence-corrected chi connectivity index (χ4v) is 1.74. The molecule has 0 saturated carbocycles. The van der Waals surface area contributed by atoms with E-state index in [2.05, 4.69) is 18.0 Å². The fourth-order valence-electron chi connectivity index (χ4n) is 1.74. The van der Waals surface area contributed by atoms with Crippen molar-refractivity contribution in [1.29, 1.82) is 5.26 Å². The van der Waals surface area contributed by atoms with Gasteiger partial charge in [-0.1, -0.05) is 6.92 Å². The Labute approximate surface area is 122 Å². The molecule has 1 rings (SSSR count). The van der Waals surface area contributed by atoms with E-state index in [9.17, 15) is 0 Å². The number of nitrogens with zero attached hydrogens (tertiary/aromatic N) is 2. The topological polar surface area (TPSA) is 71.9 Å². The van der Waals surface area contributed by atoms with Gasteiger partial charge in [0.25, 0.3) is 0 Å². The summed E-state index contributed by atoms with van der Waals surface area (Å²) < 4.78 is 5.81. The summed E-state index contributed by atoms with van der Waals surface area (Å²) in [7, 11) is 0. The molecule has 0 aromatic carbocycles. The number of pyridine rings is 1. The highest BCUT2D eigenvalue weighted by atomic mass is 16.5. The maximum atomic E-state index is 9.00. The van der Waals surface area contributed by atoms with Gasteiger partial charge in [0.1, 0.15) is 5.75 Å². The van der Waals surface area contributed by atoms with Crippen LogP contribution in [0.25, 0.3) is 0 Å². The molecule has 0 radical (unpaired) electrons. The molecule has 4 heteroatoms. The van der Waals surface area contributed by atoms with Crippen molar-refractivity contribution in [3.05, 3.63) is 23.5 Å². The van der Waals surface area contributed by atoms with E-state index >= 15 is 0 Å². The van der Waals surface area contributed by atoms with Gasteiger partial charge in [-0.3, -0.25) is 4.98 Å². The van der Waals surface area contributed by atoms with E-state index in [-0.39, 0.29) is 11.5 Å². The fraction of sp³-hybridized carbons (Fsp3) is 0.625. The maximum Gasteiger partial charge on any atom is 0.140 e. The molecule has 2 N–H and O–H groups in total. The molecule has 1 aromatic heterocycles. The van der Waals surface area contributed by atoms with Gasteiger partial charge in [0, 0.05) is 18.2 Å². The van der Waals surface area contributed by atoms with Crippen LogP contribution >= 0.6 is 0 Å². The quantitative estimate of drug-likeness (QED) is 0.830. The van der Waals surface area contributed by atoms with E-state index in [0.29, 0.717) is 13.0 Å². The molecule has 0 fully saturated rings. The van der Waals surface area contributed by atoms with Crippen LogP contribution in [0.3, 0.4) is 0 Å². The number of rotatable bonds is 7. The highest BCUT2D eigenvalue weighted by Gasteiger charge is 2.17. The van der Waals surface area contributed by atoms with Crippen LogP contribution in [-0.4, -0.2) is 17.6 Å². The smallest absolute Gasteiger partial charge is 0.140 e. The summed E-state index contributed by atoms with van der Waals surface area (Å²) in [5.41, 5.74) is 7.52. The van der Waals surface area contributed by atoms with Crippen LogP contribution in [0.2, 0.25) is 0 Å². The van der Waals surface area contributed by atoms with Gasteiger partial charge in [0.15, 0.2) is 0 Å². The average molecular weight is 275 g/mol. The molecule has 0 saturated heterocycles. The molecule has 1 heterocycles. The number of aryl methyl sites for hydroxylation is 1. The minimum Gasteiger partial charge on any atom is -0.492 e. The molecule has 0 aliphatic carbocycles. The SMILES string of the molecule is CCC(N)Cc1nc(C)ccc1OCCC(C)(C)C#N. The second kappa shape index (κ2) is 7.25. The van der Waals surface area contributed by atoms with Gasteiger partial charge in [-0.2, -0.15) is 5.26 Å². The van der Waals surface area contributed by atoms with Crippen molar-refractivity contribution in [2.75, 3.05) is 6.61 Å². The van der Waals surface area contributed by atoms with Crippen LogP contribution in [0.1, 0.15) is 45.0 Å². The van der Waals surface area contributed by atoms with Gasteiger partial charge in [-0.15, -0.1) is 0 Å². The minimum atomic E-state index is -0.363. The van der Waals surface area contributed by atoms with E-state index < -0.39 is 0 Å². The lowest BCUT2D eigenvalue weighted by atomic mass is 9.92. The lowest BCUT2D eigenvalue weighted by molar-refractivity contribution is 0.260. The molecule has 110 valence electrons. The third kappa shape index (κ3) is 5.18. The number of ether oxygens (including phenoxy) is 1. The molecule has 1 unspecified atom stereocenters. The van der Waals surface area contributed by atoms with Gasteiger partial charge in [-0.05, 0) is 45.7 Å². The molecule has 0 bridgehead atoms. The third-order valence-corrected chi connectivity index (χ3v) is 3.34. The standard InChI is InChI=1S/C16H25N3O/c1-5-13(18)10-14-15(7-6-12(2)19-14)20-9-8-16(3,4)11-17/h6-7,13H,5,8-10,18H2,1-4H3. The first-order valence-corrected chi connectivity index (χ1v) is 7.14. The molecule has 1 aromatic rings. The zero-order valence-electron chi connectivity index (χ0n) is 12.9. The van der Waals surface area contributed by atoms with Crippen LogP contribution in [0.5, 0.6) is 5.75 Å². The Morgan fingerprint density at radius 3 is 2.75 bits per heavy atom. The molecular weight excluding hydrogens is 250 g/mol. The van der Waals surface area contributed by atoms with E-state index in [1.807, 2.05) is 32.9 Å². The lowest BCUT2D eigenvalue weighted by Gasteiger charge is -2.17. The predicted molar refractivity (Wildman–Crippen MR) is 80.5 cm³/mol. The van der Waals surface area contributed by atoms with Crippen LogP contribution in [0, 0.1) is 23.7 Å². The highest BCUT2D eigenvalue weighted by molar-refractivity contribution is 5.30. The third-order valence-electron chi connectivity index (χ3n) is 3.34. The molecule has 0 amide bonds. The van der Waals surface area contributed by atoms with Gasteiger partial charge < -0.3 is 10.5 Å². The first-order valence-electron chi connectivity index (χ1n) is 7.14. The molecular formula is C16H25N3O. The van der Waals surface area contributed by atoms with Crippen molar-refractivity contribution in [1.82, 2.24) is 4.98 Å². The van der Waals surface area contributed by atoms with Gasteiger partial charge >= 0.3 is 0 Å². The van der Waals surface area contributed by atoms with Crippen molar-refractivity contribution in [3.63, 3.8) is 0 Å². The lowest BCUT2D eigenvalue weighted by Crippen LogP contribution is -2.23. The van der Waals surface area contributed by atoms with Gasteiger partial charge in [0.2, 0.25) is 0 Å². The Kier molecular flexibility index (Phi) is 5.97. The largest absolute Gasteiger partial charge is 0.492 e. The van der Waals surface area contributed by atoms with E-state index in [1.54, 1.807) is 0 Å². The molecule has 0 spiro atoms. The Hall–Kier alpha value is -1.60. The van der Waals surface area contributed by atoms with Crippen LogP contribution in [-0.2, 0) is 6.42 Å². The number of hydrogen-bond acceptors (Lipinski definition) is 4. The number of hydrogen-bond donors (Lipinski definition) is 1. The zero-order valence-corrected chi connectivity index (χ0v) is 12.9. The Bertz CT molecular complexity index is 477. The van der Waals surface area contributed by atoms with Crippen molar-refractivity contribution in [2.45, 2.75) is 53.0 Å². The summed E-state index contributed by atoms with van der Waals surface area (Å²) in [5.74, 6) is 0.785. The molecule has 1 atom stereocenters. The van der Waals surface area contributed by atoms with E-state index in [4.69, 9.17) is 15.7 Å².